The van der Waals surface area contributed by atoms with Crippen molar-refractivity contribution in [2.45, 2.75) is 57.5 Å². The quantitative estimate of drug-likeness (QED) is 0.824. The van der Waals surface area contributed by atoms with Crippen LogP contribution < -0.4 is 5.32 Å². The van der Waals surface area contributed by atoms with E-state index in [1.807, 2.05) is 7.05 Å². The number of carbonyl (C=O) groups excluding carboxylic acids is 1. The Bertz CT molecular complexity index is 359. The molecule has 0 aromatic rings. The van der Waals surface area contributed by atoms with Crippen molar-refractivity contribution in [1.82, 2.24) is 10.2 Å². The molecule has 0 aromatic heterocycles. The average molecular weight is 263 g/mol. The van der Waals surface area contributed by atoms with Crippen LogP contribution in [0.3, 0.4) is 0 Å². The fourth-order valence-electron chi connectivity index (χ4n) is 3.08. The Morgan fingerprint density at radius 2 is 2.11 bits per heavy atom. The van der Waals surface area contributed by atoms with E-state index in [4.69, 9.17) is 0 Å². The van der Waals surface area contributed by atoms with E-state index in [0.717, 1.165) is 32.1 Å². The summed E-state index contributed by atoms with van der Waals surface area (Å²) in [6.45, 7) is 2.64. The van der Waals surface area contributed by atoms with Crippen LogP contribution in [0.2, 0.25) is 0 Å². The summed E-state index contributed by atoms with van der Waals surface area (Å²) in [6.07, 6.45) is 6.62. The molecule has 3 unspecified atom stereocenters. The number of nitrogens with zero attached hydrogens (tertiary/aromatic N) is 2. The maximum Gasteiger partial charge on any atom is 0.234 e. The van der Waals surface area contributed by atoms with Crippen molar-refractivity contribution in [2.24, 2.45) is 11.8 Å². The van der Waals surface area contributed by atoms with Gasteiger partial charge in [-0.2, -0.15) is 5.26 Å². The van der Waals surface area contributed by atoms with E-state index in [0.29, 0.717) is 18.5 Å². The largest absolute Gasteiger partial charge is 0.352 e. The second-order valence-corrected chi connectivity index (χ2v) is 6.15. The summed E-state index contributed by atoms with van der Waals surface area (Å²) < 4.78 is 0. The molecule has 2 saturated carbocycles. The van der Waals surface area contributed by atoms with Crippen LogP contribution in [0, 0.1) is 23.2 Å². The Hall–Kier alpha value is -1.08. The van der Waals surface area contributed by atoms with Crippen LogP contribution in [0.25, 0.3) is 0 Å². The van der Waals surface area contributed by atoms with Gasteiger partial charge in [-0.15, -0.1) is 0 Å². The Morgan fingerprint density at radius 1 is 1.37 bits per heavy atom. The lowest BCUT2D eigenvalue weighted by Crippen LogP contribution is -2.46. The van der Waals surface area contributed by atoms with Gasteiger partial charge in [0.25, 0.3) is 0 Å². The van der Waals surface area contributed by atoms with Crippen molar-refractivity contribution in [3.8, 4) is 6.07 Å². The van der Waals surface area contributed by atoms with Crippen LogP contribution in [0.4, 0.5) is 0 Å². The zero-order chi connectivity index (χ0) is 13.8. The molecule has 2 aliphatic carbocycles. The molecule has 0 spiro atoms. The topological polar surface area (TPSA) is 56.1 Å². The monoisotopic (exact) mass is 263 g/mol. The second kappa shape index (κ2) is 6.38. The van der Waals surface area contributed by atoms with E-state index in [1.54, 1.807) is 0 Å². The molecule has 2 fully saturated rings. The molecule has 0 aromatic carbocycles. The maximum atomic E-state index is 11.9. The molecule has 1 amide bonds. The molecule has 19 heavy (non-hydrogen) atoms. The molecule has 0 saturated heterocycles. The summed E-state index contributed by atoms with van der Waals surface area (Å²) in [5, 5.41) is 12.3. The number of carbonyl (C=O) groups is 1. The minimum atomic E-state index is 0.0847. The highest BCUT2D eigenvalue weighted by Crippen LogP contribution is 2.33. The van der Waals surface area contributed by atoms with Crippen LogP contribution >= 0.6 is 0 Å². The highest BCUT2D eigenvalue weighted by Gasteiger charge is 2.33. The predicted octanol–water partition coefficient (Wildman–Crippen LogP) is 1.92. The molecule has 106 valence electrons. The van der Waals surface area contributed by atoms with E-state index in [2.05, 4.69) is 23.2 Å². The number of likely N-dealkylation sites (N-methyl/N-ethyl adjacent to an activating group) is 1. The van der Waals surface area contributed by atoms with Crippen molar-refractivity contribution in [1.29, 1.82) is 5.26 Å². The molecule has 4 nitrogen and oxygen atoms in total. The second-order valence-electron chi connectivity index (χ2n) is 6.15. The molecule has 0 aliphatic heterocycles. The molecule has 4 heteroatoms. The van der Waals surface area contributed by atoms with Gasteiger partial charge in [0.2, 0.25) is 5.91 Å². The Balaban J connectivity index is 1.88. The number of nitrogens with one attached hydrogen (secondary N) is 1. The van der Waals surface area contributed by atoms with Crippen molar-refractivity contribution in [3.63, 3.8) is 0 Å². The zero-order valence-electron chi connectivity index (χ0n) is 12.1. The van der Waals surface area contributed by atoms with Gasteiger partial charge in [0.1, 0.15) is 0 Å². The van der Waals surface area contributed by atoms with Crippen LogP contribution in [0.5, 0.6) is 0 Å². The first kappa shape index (κ1) is 14.3. The van der Waals surface area contributed by atoms with E-state index < -0.39 is 0 Å². The molecular weight excluding hydrogens is 238 g/mol. The Morgan fingerprint density at radius 3 is 2.68 bits per heavy atom. The van der Waals surface area contributed by atoms with Gasteiger partial charge in [-0.05, 0) is 45.1 Å². The van der Waals surface area contributed by atoms with Crippen molar-refractivity contribution < 1.29 is 4.79 Å². The molecule has 0 bridgehead atoms. The molecule has 2 rings (SSSR count). The summed E-state index contributed by atoms with van der Waals surface area (Å²) in [5.74, 6) is 0.908. The SMILES string of the molecule is CCC1CCC(C#N)C(N(C)CC(=O)NC2CC2)C1. The van der Waals surface area contributed by atoms with Crippen LogP contribution in [0.15, 0.2) is 0 Å². The number of nitriles is 1. The van der Waals surface area contributed by atoms with Crippen molar-refractivity contribution in [2.75, 3.05) is 13.6 Å². The van der Waals surface area contributed by atoms with E-state index in [-0.39, 0.29) is 17.9 Å². The first-order chi connectivity index (χ1) is 9.13. The fraction of sp³-hybridized carbons (Fsp3) is 0.867. The smallest absolute Gasteiger partial charge is 0.234 e. The average Bonchev–Trinajstić information content (AvgIpc) is 3.21. The van der Waals surface area contributed by atoms with Gasteiger partial charge in [0, 0.05) is 12.1 Å². The number of hydrogen-bond acceptors (Lipinski definition) is 3. The molecule has 1 N–H and O–H groups in total. The van der Waals surface area contributed by atoms with E-state index in [1.165, 1.54) is 6.42 Å². The number of rotatable bonds is 5. The molecule has 2 aliphatic rings. The molecule has 0 heterocycles. The number of hydrogen-bond donors (Lipinski definition) is 1. The summed E-state index contributed by atoms with van der Waals surface area (Å²) >= 11 is 0. The summed E-state index contributed by atoms with van der Waals surface area (Å²) in [6, 6.07) is 3.10. The van der Waals surface area contributed by atoms with Crippen LogP contribution in [0.1, 0.15) is 45.4 Å². The van der Waals surface area contributed by atoms with E-state index >= 15 is 0 Å². The predicted molar refractivity (Wildman–Crippen MR) is 74.3 cm³/mol. The molecular formula is C15H25N3O. The summed E-state index contributed by atoms with van der Waals surface area (Å²) in [5.41, 5.74) is 0. The standard InChI is InChI=1S/C15H25N3O/c1-3-11-4-5-12(9-16)14(8-11)18(2)10-15(19)17-13-6-7-13/h11-14H,3-8,10H2,1-2H3,(H,17,19). The highest BCUT2D eigenvalue weighted by molar-refractivity contribution is 5.78. The van der Waals surface area contributed by atoms with Gasteiger partial charge in [0.05, 0.1) is 18.5 Å². The lowest BCUT2D eigenvalue weighted by Gasteiger charge is -2.37. The molecule has 3 atom stereocenters. The van der Waals surface area contributed by atoms with Crippen molar-refractivity contribution in [3.05, 3.63) is 0 Å². The van der Waals surface area contributed by atoms with Gasteiger partial charge >= 0.3 is 0 Å². The minimum absolute atomic E-state index is 0.0847. The first-order valence-electron chi connectivity index (χ1n) is 7.53. The maximum absolute atomic E-state index is 11.9. The lowest BCUT2D eigenvalue weighted by molar-refractivity contribution is -0.123. The van der Waals surface area contributed by atoms with Gasteiger partial charge in [-0.1, -0.05) is 13.3 Å². The minimum Gasteiger partial charge on any atom is -0.352 e. The van der Waals surface area contributed by atoms with Gasteiger partial charge in [-0.25, -0.2) is 0 Å². The van der Waals surface area contributed by atoms with E-state index in [9.17, 15) is 10.1 Å². The summed E-state index contributed by atoms with van der Waals surface area (Å²) in [4.78, 5) is 13.9. The number of amides is 1. The third-order valence-electron chi connectivity index (χ3n) is 4.57. The Labute approximate surface area is 116 Å². The molecule has 0 radical (unpaired) electrons. The van der Waals surface area contributed by atoms with Gasteiger partial charge in [-0.3, -0.25) is 9.69 Å². The van der Waals surface area contributed by atoms with Crippen molar-refractivity contribution >= 4 is 5.91 Å². The van der Waals surface area contributed by atoms with Crippen LogP contribution in [-0.2, 0) is 4.79 Å². The van der Waals surface area contributed by atoms with Crippen LogP contribution in [-0.4, -0.2) is 36.5 Å². The third-order valence-corrected chi connectivity index (χ3v) is 4.57. The normalized spacial score (nSPS) is 30.9. The van der Waals surface area contributed by atoms with Gasteiger partial charge < -0.3 is 5.32 Å². The first-order valence-corrected chi connectivity index (χ1v) is 7.53. The highest BCUT2D eigenvalue weighted by atomic mass is 16.2. The Kier molecular flexibility index (Phi) is 4.81. The van der Waals surface area contributed by atoms with Gasteiger partial charge in [0.15, 0.2) is 0 Å². The lowest BCUT2D eigenvalue weighted by atomic mass is 9.77. The fourth-order valence-corrected chi connectivity index (χ4v) is 3.08. The zero-order valence-corrected chi connectivity index (χ0v) is 12.1. The summed E-state index contributed by atoms with van der Waals surface area (Å²) in [7, 11) is 1.99. The third kappa shape index (κ3) is 3.94.